The van der Waals surface area contributed by atoms with Crippen LogP contribution in [0.2, 0.25) is 0 Å². The molecule has 0 bridgehead atoms. The fraction of sp³-hybridized carbons (Fsp3) is 0.688. The van der Waals surface area contributed by atoms with Gasteiger partial charge in [-0.1, -0.05) is 0 Å². The van der Waals surface area contributed by atoms with Gasteiger partial charge in [0.15, 0.2) is 0 Å². The normalized spacial score (nSPS) is 18.0. The lowest BCUT2D eigenvalue weighted by molar-refractivity contribution is 0.114. The van der Waals surface area contributed by atoms with E-state index in [2.05, 4.69) is 16.8 Å². The van der Waals surface area contributed by atoms with Crippen LogP contribution in [0.5, 0.6) is 0 Å². The zero-order chi connectivity index (χ0) is 15.2. The van der Waals surface area contributed by atoms with Gasteiger partial charge in [0.1, 0.15) is 5.82 Å². The van der Waals surface area contributed by atoms with E-state index in [9.17, 15) is 4.39 Å². The van der Waals surface area contributed by atoms with Crippen molar-refractivity contribution in [3.05, 3.63) is 29.8 Å². The van der Waals surface area contributed by atoms with Gasteiger partial charge >= 0.3 is 0 Å². The Hall–Kier alpha value is -1.04. The second-order valence-electron chi connectivity index (χ2n) is 5.90. The lowest BCUT2D eigenvalue weighted by Crippen LogP contribution is -2.39. The second-order valence-corrected chi connectivity index (χ2v) is 5.90. The molecule has 1 aromatic heterocycles. The highest BCUT2D eigenvalue weighted by molar-refractivity contribution is 5.09. The largest absolute Gasteiger partial charge is 0.383 e. The summed E-state index contributed by atoms with van der Waals surface area (Å²) in [5.74, 6) is 0.497. The first-order chi connectivity index (χ1) is 10.1. The summed E-state index contributed by atoms with van der Waals surface area (Å²) in [4.78, 5) is 6.52. The minimum absolute atomic E-state index is 0.151. The van der Waals surface area contributed by atoms with Gasteiger partial charge in [0.2, 0.25) is 0 Å². The van der Waals surface area contributed by atoms with Crippen LogP contribution in [0.1, 0.15) is 37.9 Å². The van der Waals surface area contributed by atoms with E-state index in [-0.39, 0.29) is 11.9 Å². The Bertz CT molecular complexity index is 422. The lowest BCUT2D eigenvalue weighted by atomic mass is 10.1. The van der Waals surface area contributed by atoms with Gasteiger partial charge in [0.05, 0.1) is 18.5 Å². The molecule has 118 valence electrons. The third-order valence-electron chi connectivity index (χ3n) is 4.32. The van der Waals surface area contributed by atoms with Gasteiger partial charge < -0.3 is 10.5 Å². The summed E-state index contributed by atoms with van der Waals surface area (Å²) < 4.78 is 18.1. The van der Waals surface area contributed by atoms with Crippen LogP contribution < -0.4 is 5.73 Å². The van der Waals surface area contributed by atoms with Crippen LogP contribution in [0.3, 0.4) is 0 Å². The van der Waals surface area contributed by atoms with Gasteiger partial charge in [0.25, 0.3) is 0 Å². The molecule has 1 aromatic rings. The molecule has 0 aliphatic heterocycles. The Morgan fingerprint density at radius 1 is 1.43 bits per heavy atom. The van der Waals surface area contributed by atoms with Gasteiger partial charge in [-0.05, 0) is 44.2 Å². The van der Waals surface area contributed by atoms with Crippen molar-refractivity contribution in [3.63, 3.8) is 0 Å². The summed E-state index contributed by atoms with van der Waals surface area (Å²) in [5.41, 5.74) is 6.92. The fourth-order valence-electron chi connectivity index (χ4n) is 2.66. The predicted molar refractivity (Wildman–Crippen MR) is 81.4 cm³/mol. The number of methoxy groups -OCH3 is 1. The Kier molecular flexibility index (Phi) is 6.08. The van der Waals surface area contributed by atoms with Crippen LogP contribution in [0.25, 0.3) is 0 Å². The number of pyridine rings is 1. The van der Waals surface area contributed by atoms with Crippen LogP contribution in [0.4, 0.5) is 4.39 Å². The van der Waals surface area contributed by atoms with Crippen molar-refractivity contribution in [2.45, 2.75) is 38.3 Å². The van der Waals surface area contributed by atoms with Crippen LogP contribution in [-0.2, 0) is 4.74 Å². The minimum Gasteiger partial charge on any atom is -0.383 e. The molecule has 1 heterocycles. The Morgan fingerprint density at radius 3 is 2.76 bits per heavy atom. The maximum Gasteiger partial charge on any atom is 0.141 e. The summed E-state index contributed by atoms with van der Waals surface area (Å²) in [6.07, 6.45) is 4.70. The second kappa shape index (κ2) is 7.82. The molecular weight excluding hydrogens is 269 g/mol. The van der Waals surface area contributed by atoms with Crippen molar-refractivity contribution in [3.8, 4) is 0 Å². The molecule has 0 aromatic carbocycles. The van der Waals surface area contributed by atoms with E-state index in [4.69, 9.17) is 10.5 Å². The highest BCUT2D eigenvalue weighted by Gasteiger charge is 2.31. The average Bonchev–Trinajstić information content (AvgIpc) is 3.32. The number of nitrogens with zero attached hydrogens (tertiary/aromatic N) is 2. The molecule has 1 fully saturated rings. The van der Waals surface area contributed by atoms with Crippen molar-refractivity contribution in [1.82, 2.24) is 9.88 Å². The molecule has 0 spiro atoms. The molecule has 21 heavy (non-hydrogen) atoms. The van der Waals surface area contributed by atoms with Crippen LogP contribution in [0, 0.1) is 11.7 Å². The topological polar surface area (TPSA) is 51.4 Å². The van der Waals surface area contributed by atoms with Gasteiger partial charge in [-0.3, -0.25) is 9.88 Å². The number of halogens is 1. The highest BCUT2D eigenvalue weighted by Crippen LogP contribution is 2.35. The standard InChI is InChI=1S/C16H26FN3O/c1-12(13-3-4-13)20(9-10-21-2)8-7-15(18)16-6-5-14(17)11-19-16/h5-6,11-13,15H,3-4,7-10,18H2,1-2H3. The van der Waals surface area contributed by atoms with Gasteiger partial charge in [-0.25, -0.2) is 4.39 Å². The summed E-state index contributed by atoms with van der Waals surface area (Å²) in [6.45, 7) is 4.87. The lowest BCUT2D eigenvalue weighted by Gasteiger charge is -2.30. The smallest absolute Gasteiger partial charge is 0.141 e. The minimum atomic E-state index is -0.324. The van der Waals surface area contributed by atoms with E-state index in [1.165, 1.54) is 25.1 Å². The van der Waals surface area contributed by atoms with E-state index >= 15 is 0 Å². The van der Waals surface area contributed by atoms with E-state index in [1.54, 1.807) is 13.2 Å². The third-order valence-corrected chi connectivity index (χ3v) is 4.32. The zero-order valence-corrected chi connectivity index (χ0v) is 13.0. The predicted octanol–water partition coefficient (Wildman–Crippen LogP) is 2.36. The Morgan fingerprint density at radius 2 is 2.19 bits per heavy atom. The molecule has 1 saturated carbocycles. The number of rotatable bonds is 9. The van der Waals surface area contributed by atoms with E-state index in [0.29, 0.717) is 6.04 Å². The zero-order valence-electron chi connectivity index (χ0n) is 13.0. The van der Waals surface area contributed by atoms with Crippen molar-refractivity contribution in [2.24, 2.45) is 11.7 Å². The summed E-state index contributed by atoms with van der Waals surface area (Å²) in [7, 11) is 1.73. The maximum atomic E-state index is 12.9. The van der Waals surface area contributed by atoms with Gasteiger partial charge in [0, 0.05) is 32.3 Å². The van der Waals surface area contributed by atoms with Gasteiger partial charge in [-0.15, -0.1) is 0 Å². The van der Waals surface area contributed by atoms with E-state index < -0.39 is 0 Å². The summed E-state index contributed by atoms with van der Waals surface area (Å²) >= 11 is 0. The highest BCUT2D eigenvalue weighted by atomic mass is 19.1. The number of hydrogen-bond donors (Lipinski definition) is 1. The molecule has 4 nitrogen and oxygen atoms in total. The number of ether oxygens (including phenoxy) is 1. The molecule has 2 unspecified atom stereocenters. The van der Waals surface area contributed by atoms with Crippen LogP contribution in [-0.4, -0.2) is 42.7 Å². The van der Waals surface area contributed by atoms with Crippen molar-refractivity contribution in [1.29, 1.82) is 0 Å². The first-order valence-electron chi connectivity index (χ1n) is 7.72. The van der Waals surface area contributed by atoms with E-state index in [1.807, 2.05) is 0 Å². The first kappa shape index (κ1) is 16.3. The van der Waals surface area contributed by atoms with Crippen molar-refractivity contribution < 1.29 is 9.13 Å². The number of aromatic nitrogens is 1. The molecule has 1 aliphatic carbocycles. The van der Waals surface area contributed by atoms with E-state index in [0.717, 1.165) is 37.7 Å². The maximum absolute atomic E-state index is 12.9. The molecule has 2 N–H and O–H groups in total. The number of nitrogens with two attached hydrogens (primary N) is 1. The fourth-order valence-corrected chi connectivity index (χ4v) is 2.66. The van der Waals surface area contributed by atoms with Crippen molar-refractivity contribution >= 4 is 0 Å². The SMILES string of the molecule is COCCN(CCC(N)c1ccc(F)cn1)C(C)C1CC1. The molecule has 0 saturated heterocycles. The molecule has 2 atom stereocenters. The molecule has 0 amide bonds. The molecule has 0 radical (unpaired) electrons. The first-order valence-corrected chi connectivity index (χ1v) is 7.72. The Balaban J connectivity index is 1.85. The quantitative estimate of drug-likeness (QED) is 0.760. The summed E-state index contributed by atoms with van der Waals surface area (Å²) in [5, 5.41) is 0. The van der Waals surface area contributed by atoms with Crippen LogP contribution in [0.15, 0.2) is 18.3 Å². The Labute approximate surface area is 126 Å². The summed E-state index contributed by atoms with van der Waals surface area (Å²) in [6, 6.07) is 3.51. The molecule has 5 heteroatoms. The molecule has 1 aliphatic rings. The average molecular weight is 295 g/mol. The van der Waals surface area contributed by atoms with Gasteiger partial charge in [-0.2, -0.15) is 0 Å². The number of hydrogen-bond acceptors (Lipinski definition) is 4. The van der Waals surface area contributed by atoms with Crippen molar-refractivity contribution in [2.75, 3.05) is 26.8 Å². The molecular formula is C16H26FN3O. The third kappa shape index (κ3) is 5.02. The monoisotopic (exact) mass is 295 g/mol. The molecule has 2 rings (SSSR count). The van der Waals surface area contributed by atoms with Crippen LogP contribution >= 0.6 is 0 Å².